The maximum Gasteiger partial charge on any atom is 0.264 e. The van der Waals surface area contributed by atoms with E-state index < -0.39 is 5.82 Å². The molecule has 3 N–H and O–H groups in total. The van der Waals surface area contributed by atoms with Gasteiger partial charge in [-0.1, -0.05) is 6.07 Å². The number of hydrogen-bond acceptors (Lipinski definition) is 7. The van der Waals surface area contributed by atoms with Crippen LogP contribution in [0.1, 0.15) is 13.8 Å². The molecule has 1 aromatic carbocycles. The zero-order valence-electron chi connectivity index (χ0n) is 17.3. The second kappa shape index (κ2) is 8.02. The van der Waals surface area contributed by atoms with E-state index >= 15 is 0 Å². The molecule has 0 atom stereocenters. The molecule has 9 heteroatoms. The Morgan fingerprint density at radius 1 is 1.16 bits per heavy atom. The number of halogens is 1. The smallest absolute Gasteiger partial charge is 0.264 e. The van der Waals surface area contributed by atoms with Crippen LogP contribution in [0.15, 0.2) is 53.6 Å². The van der Waals surface area contributed by atoms with Crippen LogP contribution in [0.5, 0.6) is 11.5 Å². The fraction of sp³-hybridized carbons (Fsp3) is 0.182. The number of pyridine rings is 2. The van der Waals surface area contributed by atoms with E-state index in [0.29, 0.717) is 28.5 Å². The average molecular weight is 420 g/mol. The lowest BCUT2D eigenvalue weighted by atomic mass is 10.1. The molecule has 31 heavy (non-hydrogen) atoms. The molecule has 0 bridgehead atoms. The van der Waals surface area contributed by atoms with Crippen LogP contribution >= 0.6 is 0 Å². The molecule has 0 saturated carbocycles. The fourth-order valence-corrected chi connectivity index (χ4v) is 3.08. The first kappa shape index (κ1) is 20.3. The van der Waals surface area contributed by atoms with Gasteiger partial charge in [-0.3, -0.25) is 9.36 Å². The predicted molar refractivity (Wildman–Crippen MR) is 118 cm³/mol. The number of anilines is 2. The number of nitrogens with zero attached hydrogens (tertiary/aromatic N) is 4. The molecule has 0 unspecified atom stereocenters. The molecular weight excluding hydrogens is 399 g/mol. The summed E-state index contributed by atoms with van der Waals surface area (Å²) in [6.45, 7) is 3.95. The average Bonchev–Trinajstić information content (AvgIpc) is 2.74. The Hall–Kier alpha value is -4.01. The van der Waals surface area contributed by atoms with E-state index in [-0.39, 0.29) is 23.2 Å². The van der Waals surface area contributed by atoms with Crippen LogP contribution in [-0.2, 0) is 7.05 Å². The molecule has 0 aliphatic heterocycles. The van der Waals surface area contributed by atoms with Crippen LogP contribution in [0.4, 0.5) is 16.2 Å². The van der Waals surface area contributed by atoms with Gasteiger partial charge in [0, 0.05) is 36.9 Å². The topological polar surface area (TPSA) is 108 Å². The van der Waals surface area contributed by atoms with Crippen molar-refractivity contribution in [2.75, 3.05) is 11.1 Å². The molecule has 0 saturated heterocycles. The highest BCUT2D eigenvalue weighted by Gasteiger charge is 2.13. The lowest BCUT2D eigenvalue weighted by molar-refractivity contribution is 0.442. The number of nitrogens with one attached hydrogen (secondary N) is 1. The second-order valence-electron chi connectivity index (χ2n) is 7.32. The Morgan fingerprint density at radius 2 is 1.97 bits per heavy atom. The zero-order chi connectivity index (χ0) is 22.1. The SMILES string of the molecule is CC(C)Nc1ncc(-c2ccc3cc(Oc4ccnc(N)c4F)ccc3n2)c(=O)n1C. The maximum atomic E-state index is 14.0. The first-order valence-electron chi connectivity index (χ1n) is 9.65. The lowest BCUT2D eigenvalue weighted by Crippen LogP contribution is -2.25. The van der Waals surface area contributed by atoms with Crippen molar-refractivity contribution >= 4 is 22.7 Å². The van der Waals surface area contributed by atoms with Gasteiger partial charge in [0.25, 0.3) is 5.56 Å². The predicted octanol–water partition coefficient (Wildman–Crippen LogP) is 3.72. The van der Waals surface area contributed by atoms with E-state index in [4.69, 9.17) is 10.5 Å². The summed E-state index contributed by atoms with van der Waals surface area (Å²) in [5, 5.41) is 3.90. The molecular formula is C22H21FN6O2. The monoisotopic (exact) mass is 420 g/mol. The van der Waals surface area contributed by atoms with Crippen molar-refractivity contribution < 1.29 is 9.13 Å². The highest BCUT2D eigenvalue weighted by Crippen LogP contribution is 2.29. The first-order valence-corrected chi connectivity index (χ1v) is 9.65. The molecule has 3 aromatic heterocycles. The van der Waals surface area contributed by atoms with Crippen molar-refractivity contribution in [3.8, 4) is 22.8 Å². The molecule has 4 rings (SSSR count). The summed E-state index contributed by atoms with van der Waals surface area (Å²) in [5.74, 6) is -0.0335. The van der Waals surface area contributed by atoms with E-state index in [1.165, 1.54) is 23.0 Å². The summed E-state index contributed by atoms with van der Waals surface area (Å²) in [5.41, 5.74) is 6.85. The maximum absolute atomic E-state index is 14.0. The van der Waals surface area contributed by atoms with Gasteiger partial charge in [0.2, 0.25) is 11.8 Å². The minimum absolute atomic E-state index is 0.0129. The molecule has 0 aliphatic carbocycles. The Balaban J connectivity index is 1.67. The van der Waals surface area contributed by atoms with Crippen LogP contribution in [0.25, 0.3) is 22.2 Å². The van der Waals surface area contributed by atoms with Gasteiger partial charge in [0.1, 0.15) is 5.75 Å². The van der Waals surface area contributed by atoms with Crippen LogP contribution in [0.3, 0.4) is 0 Å². The molecule has 158 valence electrons. The minimum atomic E-state index is -0.713. The number of nitrogens with two attached hydrogens (primary N) is 1. The zero-order valence-corrected chi connectivity index (χ0v) is 17.3. The second-order valence-corrected chi connectivity index (χ2v) is 7.32. The summed E-state index contributed by atoms with van der Waals surface area (Å²) < 4.78 is 21.1. The van der Waals surface area contributed by atoms with Gasteiger partial charge in [-0.2, -0.15) is 4.39 Å². The lowest BCUT2D eigenvalue weighted by Gasteiger charge is -2.13. The molecule has 0 amide bonds. The van der Waals surface area contributed by atoms with Crippen molar-refractivity contribution in [3.63, 3.8) is 0 Å². The van der Waals surface area contributed by atoms with Crippen LogP contribution in [0, 0.1) is 5.82 Å². The van der Waals surface area contributed by atoms with Crippen molar-refractivity contribution in [3.05, 3.63) is 65.0 Å². The van der Waals surface area contributed by atoms with Crippen molar-refractivity contribution in [2.24, 2.45) is 7.05 Å². The fourth-order valence-electron chi connectivity index (χ4n) is 3.08. The summed E-state index contributed by atoms with van der Waals surface area (Å²) in [6.07, 6.45) is 2.90. The molecule has 0 aliphatic rings. The van der Waals surface area contributed by atoms with Gasteiger partial charge in [-0.25, -0.2) is 15.0 Å². The van der Waals surface area contributed by atoms with E-state index in [1.54, 1.807) is 31.3 Å². The summed E-state index contributed by atoms with van der Waals surface area (Å²) in [7, 11) is 1.67. The Morgan fingerprint density at radius 3 is 2.74 bits per heavy atom. The molecule has 0 radical (unpaired) electrons. The molecule has 3 heterocycles. The summed E-state index contributed by atoms with van der Waals surface area (Å²) in [6, 6.07) is 10.2. The third-order valence-electron chi connectivity index (χ3n) is 4.63. The Bertz CT molecular complexity index is 1340. The van der Waals surface area contributed by atoms with Crippen molar-refractivity contribution in [1.29, 1.82) is 0 Å². The molecule has 8 nitrogen and oxygen atoms in total. The highest BCUT2D eigenvalue weighted by atomic mass is 19.1. The van der Waals surface area contributed by atoms with E-state index in [2.05, 4.69) is 20.3 Å². The van der Waals surface area contributed by atoms with Crippen molar-refractivity contribution in [1.82, 2.24) is 19.5 Å². The number of benzene rings is 1. The van der Waals surface area contributed by atoms with E-state index in [1.807, 2.05) is 19.9 Å². The normalized spacial score (nSPS) is 11.1. The van der Waals surface area contributed by atoms with Gasteiger partial charge in [-0.05, 0) is 38.1 Å². The van der Waals surface area contributed by atoms with Crippen LogP contribution in [-0.4, -0.2) is 25.6 Å². The number of rotatable bonds is 5. The van der Waals surface area contributed by atoms with Crippen LogP contribution in [0.2, 0.25) is 0 Å². The van der Waals surface area contributed by atoms with Crippen molar-refractivity contribution in [2.45, 2.75) is 19.9 Å². The first-order chi connectivity index (χ1) is 14.8. The largest absolute Gasteiger partial charge is 0.454 e. The molecule has 4 aromatic rings. The van der Waals surface area contributed by atoms with Crippen LogP contribution < -0.4 is 21.3 Å². The number of aromatic nitrogens is 4. The van der Waals surface area contributed by atoms with E-state index in [9.17, 15) is 9.18 Å². The number of hydrogen-bond donors (Lipinski definition) is 2. The summed E-state index contributed by atoms with van der Waals surface area (Å²) >= 11 is 0. The molecule has 0 fully saturated rings. The minimum Gasteiger partial charge on any atom is -0.454 e. The third kappa shape index (κ3) is 4.02. The third-order valence-corrected chi connectivity index (χ3v) is 4.63. The van der Waals surface area contributed by atoms with Gasteiger partial charge in [0.15, 0.2) is 11.6 Å². The number of ether oxygens (including phenoxy) is 1. The van der Waals surface area contributed by atoms with Gasteiger partial charge in [0.05, 0.1) is 16.8 Å². The van der Waals surface area contributed by atoms with E-state index in [0.717, 1.165) is 5.39 Å². The standard InChI is InChI=1S/C22H21FN6O2/c1-12(2)27-22-26-11-15(21(30)29(22)3)17-6-4-13-10-14(5-7-16(13)28-17)31-18-8-9-25-20(24)19(18)23/h4-12H,1-3H3,(H2,24,25)(H,26,27). The summed E-state index contributed by atoms with van der Waals surface area (Å²) in [4.78, 5) is 25.4. The van der Waals surface area contributed by atoms with Gasteiger partial charge < -0.3 is 15.8 Å². The van der Waals surface area contributed by atoms with Gasteiger partial charge in [-0.15, -0.1) is 0 Å². The number of nitrogen functional groups attached to an aromatic ring is 1. The molecule has 0 spiro atoms. The quantitative estimate of drug-likeness (QED) is 0.506. The Kier molecular flexibility index (Phi) is 5.24. The number of fused-ring (bicyclic) bond motifs is 1. The van der Waals surface area contributed by atoms with Gasteiger partial charge >= 0.3 is 0 Å². The highest BCUT2D eigenvalue weighted by molar-refractivity contribution is 5.82. The Labute approximate surface area is 177 Å².